The van der Waals surface area contributed by atoms with E-state index in [0.29, 0.717) is 0 Å². The highest BCUT2D eigenvalue weighted by molar-refractivity contribution is 6.09. The fourth-order valence-electron chi connectivity index (χ4n) is 3.40. The van der Waals surface area contributed by atoms with Crippen LogP contribution in [-0.2, 0) is 13.1 Å². The highest BCUT2D eigenvalue weighted by Crippen LogP contribution is 2.31. The number of anilines is 1. The second-order valence-corrected chi connectivity index (χ2v) is 6.18. The summed E-state index contributed by atoms with van der Waals surface area (Å²) < 4.78 is 42.5. The quantitative estimate of drug-likeness (QED) is 0.455. The Kier molecular flexibility index (Phi) is 4.07. The van der Waals surface area contributed by atoms with Crippen molar-refractivity contribution in [3.63, 3.8) is 0 Å². The summed E-state index contributed by atoms with van der Waals surface area (Å²) in [4.78, 5) is 0. The second-order valence-electron chi connectivity index (χ2n) is 6.18. The van der Waals surface area contributed by atoms with Crippen molar-refractivity contribution in [1.82, 2.24) is 4.57 Å². The number of para-hydroxylation sites is 1. The Morgan fingerprint density at radius 2 is 1.62 bits per heavy atom. The maximum absolute atomic E-state index is 13.8. The minimum absolute atomic E-state index is 0.0704. The van der Waals surface area contributed by atoms with E-state index in [2.05, 4.69) is 28.9 Å². The Morgan fingerprint density at radius 3 is 2.42 bits per heavy atom. The monoisotopic (exact) mass is 354 g/mol. The van der Waals surface area contributed by atoms with Gasteiger partial charge in [-0.05, 0) is 37.3 Å². The lowest BCUT2D eigenvalue weighted by molar-refractivity contribution is 0.442. The van der Waals surface area contributed by atoms with Crippen LogP contribution in [0.1, 0.15) is 12.5 Å². The van der Waals surface area contributed by atoms with Gasteiger partial charge in [-0.3, -0.25) is 0 Å². The first-order valence-electron chi connectivity index (χ1n) is 8.47. The third-order valence-corrected chi connectivity index (χ3v) is 4.69. The van der Waals surface area contributed by atoms with Gasteiger partial charge in [0.2, 0.25) is 0 Å². The molecule has 0 fully saturated rings. The van der Waals surface area contributed by atoms with E-state index in [1.54, 1.807) is 0 Å². The van der Waals surface area contributed by atoms with Gasteiger partial charge in [-0.1, -0.05) is 24.3 Å². The molecule has 0 radical (unpaired) electrons. The third-order valence-electron chi connectivity index (χ3n) is 4.69. The van der Waals surface area contributed by atoms with E-state index >= 15 is 0 Å². The molecule has 0 saturated heterocycles. The molecule has 0 saturated carbocycles. The molecule has 1 N–H and O–H groups in total. The number of rotatable bonds is 4. The zero-order chi connectivity index (χ0) is 18.3. The number of nitrogens with zero attached hydrogens (tertiary/aromatic N) is 1. The molecule has 0 aliphatic heterocycles. The molecule has 5 heteroatoms. The summed E-state index contributed by atoms with van der Waals surface area (Å²) in [6.07, 6.45) is 0. The average Bonchev–Trinajstić information content (AvgIpc) is 2.98. The van der Waals surface area contributed by atoms with Crippen molar-refractivity contribution >= 4 is 27.5 Å². The van der Waals surface area contributed by atoms with Gasteiger partial charge in [0.25, 0.3) is 0 Å². The largest absolute Gasteiger partial charge is 0.381 e. The summed E-state index contributed by atoms with van der Waals surface area (Å²) in [5, 5.41) is 5.34. The number of halogens is 3. The molecule has 0 aliphatic rings. The normalized spacial score (nSPS) is 11.4. The van der Waals surface area contributed by atoms with E-state index in [-0.39, 0.29) is 12.1 Å². The van der Waals surface area contributed by atoms with Crippen LogP contribution in [0.25, 0.3) is 21.8 Å². The molecule has 1 heterocycles. The molecule has 0 aliphatic carbocycles. The maximum atomic E-state index is 13.8. The molecule has 1 aromatic heterocycles. The van der Waals surface area contributed by atoms with Crippen molar-refractivity contribution in [2.24, 2.45) is 0 Å². The Morgan fingerprint density at radius 1 is 0.846 bits per heavy atom. The minimum atomic E-state index is -1.44. The topological polar surface area (TPSA) is 17.0 Å². The van der Waals surface area contributed by atoms with Crippen molar-refractivity contribution in [3.05, 3.63) is 77.6 Å². The SMILES string of the molecule is CCn1c2ccccc2c2cc(NCc3ccc(F)c(F)c3F)ccc21. The summed E-state index contributed by atoms with van der Waals surface area (Å²) in [7, 11) is 0. The zero-order valence-corrected chi connectivity index (χ0v) is 14.2. The summed E-state index contributed by atoms with van der Waals surface area (Å²) in [5.41, 5.74) is 3.16. The predicted molar refractivity (Wildman–Crippen MR) is 98.8 cm³/mol. The molecule has 0 bridgehead atoms. The molecule has 2 nitrogen and oxygen atoms in total. The van der Waals surface area contributed by atoms with Crippen LogP contribution in [-0.4, -0.2) is 4.57 Å². The molecule has 4 aromatic rings. The van der Waals surface area contributed by atoms with Crippen molar-refractivity contribution in [1.29, 1.82) is 0 Å². The fraction of sp³-hybridized carbons (Fsp3) is 0.143. The van der Waals surface area contributed by atoms with Crippen molar-refractivity contribution < 1.29 is 13.2 Å². The number of benzene rings is 3. The molecule has 4 rings (SSSR count). The van der Waals surface area contributed by atoms with Gasteiger partial charge in [0.1, 0.15) is 0 Å². The van der Waals surface area contributed by atoms with Crippen LogP contribution in [0.15, 0.2) is 54.6 Å². The zero-order valence-electron chi connectivity index (χ0n) is 14.2. The molecule has 0 atom stereocenters. The van der Waals surface area contributed by atoms with E-state index in [0.717, 1.165) is 40.1 Å². The van der Waals surface area contributed by atoms with Crippen LogP contribution in [0.5, 0.6) is 0 Å². The van der Waals surface area contributed by atoms with Gasteiger partial charge in [-0.2, -0.15) is 0 Å². The molecule has 3 aromatic carbocycles. The second kappa shape index (κ2) is 6.41. The molecular weight excluding hydrogens is 337 g/mol. The third kappa shape index (κ3) is 2.60. The lowest BCUT2D eigenvalue weighted by Gasteiger charge is -2.09. The van der Waals surface area contributed by atoms with Crippen LogP contribution >= 0.6 is 0 Å². The van der Waals surface area contributed by atoms with Gasteiger partial charge in [0.05, 0.1) is 0 Å². The predicted octanol–water partition coefficient (Wildman–Crippen LogP) is 5.84. The van der Waals surface area contributed by atoms with Gasteiger partial charge < -0.3 is 9.88 Å². The summed E-state index contributed by atoms with van der Waals surface area (Å²) in [6, 6.07) is 16.3. The lowest BCUT2D eigenvalue weighted by Crippen LogP contribution is -2.04. The molecule has 26 heavy (non-hydrogen) atoms. The summed E-state index contributed by atoms with van der Waals surface area (Å²) >= 11 is 0. The smallest absolute Gasteiger partial charge is 0.194 e. The Bertz CT molecular complexity index is 1120. The molecular formula is C21H17F3N2. The number of hydrogen-bond acceptors (Lipinski definition) is 1. The first-order chi connectivity index (χ1) is 12.6. The lowest BCUT2D eigenvalue weighted by atomic mass is 10.1. The summed E-state index contributed by atoms with van der Waals surface area (Å²) in [5.74, 6) is -3.77. The minimum Gasteiger partial charge on any atom is -0.381 e. The van der Waals surface area contributed by atoms with Gasteiger partial charge in [0.15, 0.2) is 17.5 Å². The van der Waals surface area contributed by atoms with Gasteiger partial charge in [-0.25, -0.2) is 13.2 Å². The molecule has 0 unspecified atom stereocenters. The molecule has 0 amide bonds. The number of nitrogens with one attached hydrogen (secondary N) is 1. The number of aromatic nitrogens is 1. The Hall–Kier alpha value is -2.95. The number of hydrogen-bond donors (Lipinski definition) is 1. The van der Waals surface area contributed by atoms with Crippen molar-refractivity contribution in [2.45, 2.75) is 20.0 Å². The Balaban J connectivity index is 1.70. The van der Waals surface area contributed by atoms with Gasteiger partial charge in [-0.15, -0.1) is 0 Å². The van der Waals surface area contributed by atoms with Crippen LogP contribution in [0.3, 0.4) is 0 Å². The summed E-state index contributed by atoms with van der Waals surface area (Å²) in [6.45, 7) is 3.03. The molecule has 0 spiro atoms. The number of fused-ring (bicyclic) bond motifs is 3. The Labute approximate surface area is 148 Å². The van der Waals surface area contributed by atoms with Crippen molar-refractivity contribution in [2.75, 3.05) is 5.32 Å². The van der Waals surface area contributed by atoms with E-state index in [4.69, 9.17) is 0 Å². The van der Waals surface area contributed by atoms with Gasteiger partial charge in [0, 0.05) is 46.1 Å². The first kappa shape index (κ1) is 16.5. The van der Waals surface area contributed by atoms with E-state index in [1.165, 1.54) is 6.07 Å². The fourth-order valence-corrected chi connectivity index (χ4v) is 3.40. The van der Waals surface area contributed by atoms with Gasteiger partial charge >= 0.3 is 0 Å². The van der Waals surface area contributed by atoms with Crippen LogP contribution < -0.4 is 5.32 Å². The van der Waals surface area contributed by atoms with E-state index in [1.807, 2.05) is 30.3 Å². The van der Waals surface area contributed by atoms with Crippen molar-refractivity contribution in [3.8, 4) is 0 Å². The van der Waals surface area contributed by atoms with Crippen LogP contribution in [0.4, 0.5) is 18.9 Å². The first-order valence-corrected chi connectivity index (χ1v) is 8.47. The van der Waals surface area contributed by atoms with Crippen LogP contribution in [0, 0.1) is 17.5 Å². The standard InChI is InChI=1S/C21H17F3N2/c1-2-26-18-6-4-3-5-15(18)16-11-14(8-10-19(16)26)25-12-13-7-9-17(22)21(24)20(13)23/h3-11,25H,2,12H2,1H3. The highest BCUT2D eigenvalue weighted by atomic mass is 19.2. The molecule has 132 valence electrons. The van der Waals surface area contributed by atoms with E-state index in [9.17, 15) is 13.2 Å². The highest BCUT2D eigenvalue weighted by Gasteiger charge is 2.13. The average molecular weight is 354 g/mol. The van der Waals surface area contributed by atoms with Crippen LogP contribution in [0.2, 0.25) is 0 Å². The maximum Gasteiger partial charge on any atom is 0.194 e. The van der Waals surface area contributed by atoms with E-state index < -0.39 is 17.5 Å². The number of aryl methyl sites for hydroxylation is 1.